The molecule has 0 saturated carbocycles. The van der Waals surface area contributed by atoms with Crippen molar-refractivity contribution in [1.82, 2.24) is 10.6 Å². The zero-order chi connectivity index (χ0) is 13.3. The maximum Gasteiger partial charge on any atom is 0.242 e. The predicted molar refractivity (Wildman–Crippen MR) is 63.2 cm³/mol. The van der Waals surface area contributed by atoms with E-state index in [1.807, 2.05) is 0 Å². The lowest BCUT2D eigenvalue weighted by Gasteiger charge is -2.16. The molecule has 0 aromatic heterocycles. The van der Waals surface area contributed by atoms with E-state index >= 15 is 0 Å². The Morgan fingerprint density at radius 1 is 1.35 bits per heavy atom. The van der Waals surface area contributed by atoms with Gasteiger partial charge in [0, 0.05) is 6.42 Å². The minimum absolute atomic E-state index is 0.130. The molecule has 0 radical (unpaired) electrons. The van der Waals surface area contributed by atoms with Gasteiger partial charge in [-0.1, -0.05) is 0 Å². The highest BCUT2D eigenvalue weighted by atomic mass is 79.9. The van der Waals surface area contributed by atoms with Gasteiger partial charge in [0.25, 0.3) is 0 Å². The van der Waals surface area contributed by atoms with Gasteiger partial charge in [0.2, 0.25) is 16.5 Å². The number of halogens is 1. The molecule has 4 N–H and O–H groups in total. The summed E-state index contributed by atoms with van der Waals surface area (Å²) in [5.74, 6) is -1.03. The van der Waals surface area contributed by atoms with E-state index in [0.717, 1.165) is 0 Å². The van der Waals surface area contributed by atoms with E-state index in [0.29, 0.717) is 6.29 Å². The van der Waals surface area contributed by atoms with E-state index in [2.05, 4.69) is 26.6 Å². The largest absolute Gasteiger partial charge is 0.346 e. The maximum absolute atomic E-state index is 11.5. The summed E-state index contributed by atoms with van der Waals surface area (Å²) in [5, 5.41) is 4.68. The SMILES string of the molecule is NCC(=O)NC(CCC=O)C(=O)NCC(=O)Br. The molecular weight excluding hydrogens is 294 g/mol. The van der Waals surface area contributed by atoms with Crippen LogP contribution in [0.3, 0.4) is 0 Å². The fraction of sp³-hybridized carbons (Fsp3) is 0.556. The fourth-order valence-electron chi connectivity index (χ4n) is 1.04. The van der Waals surface area contributed by atoms with Crippen LogP contribution in [0, 0.1) is 0 Å². The fourth-order valence-corrected chi connectivity index (χ4v) is 1.18. The van der Waals surface area contributed by atoms with Gasteiger partial charge in [-0.15, -0.1) is 0 Å². The van der Waals surface area contributed by atoms with Gasteiger partial charge in [-0.05, 0) is 22.4 Å². The van der Waals surface area contributed by atoms with Crippen molar-refractivity contribution in [3.05, 3.63) is 0 Å². The van der Waals surface area contributed by atoms with Crippen molar-refractivity contribution in [3.63, 3.8) is 0 Å². The molecule has 1 atom stereocenters. The zero-order valence-electron chi connectivity index (χ0n) is 9.07. The van der Waals surface area contributed by atoms with Crippen molar-refractivity contribution in [1.29, 1.82) is 0 Å². The first-order valence-electron chi connectivity index (χ1n) is 4.90. The topological polar surface area (TPSA) is 118 Å². The molecule has 0 bridgehead atoms. The minimum Gasteiger partial charge on any atom is -0.346 e. The van der Waals surface area contributed by atoms with Crippen LogP contribution >= 0.6 is 15.9 Å². The number of rotatable bonds is 8. The second kappa shape index (κ2) is 8.82. The Hall–Kier alpha value is -1.28. The van der Waals surface area contributed by atoms with E-state index in [1.165, 1.54) is 0 Å². The van der Waals surface area contributed by atoms with Gasteiger partial charge >= 0.3 is 0 Å². The molecule has 1 unspecified atom stereocenters. The molecule has 0 fully saturated rings. The highest BCUT2D eigenvalue weighted by Gasteiger charge is 2.19. The van der Waals surface area contributed by atoms with Crippen LogP contribution < -0.4 is 16.4 Å². The van der Waals surface area contributed by atoms with Crippen LogP contribution in [0.25, 0.3) is 0 Å². The molecule has 0 rings (SSSR count). The maximum atomic E-state index is 11.5. The van der Waals surface area contributed by atoms with Crippen molar-refractivity contribution in [2.24, 2.45) is 5.73 Å². The normalized spacial score (nSPS) is 11.4. The molecule has 0 aliphatic carbocycles. The number of hydrogen-bond donors (Lipinski definition) is 3. The summed E-state index contributed by atoms with van der Waals surface area (Å²) >= 11 is 2.65. The molecular formula is C9H14BrN3O4. The highest BCUT2D eigenvalue weighted by Crippen LogP contribution is 1.96. The quantitative estimate of drug-likeness (QED) is 0.370. The van der Waals surface area contributed by atoms with Crippen molar-refractivity contribution in [2.75, 3.05) is 13.1 Å². The summed E-state index contributed by atoms with van der Waals surface area (Å²) in [7, 11) is 0. The Morgan fingerprint density at radius 3 is 2.47 bits per heavy atom. The molecule has 0 heterocycles. The molecule has 0 aromatic carbocycles. The van der Waals surface area contributed by atoms with E-state index in [1.54, 1.807) is 0 Å². The Labute approximate surface area is 107 Å². The Morgan fingerprint density at radius 2 is 2.00 bits per heavy atom. The van der Waals surface area contributed by atoms with Gasteiger partial charge in [-0.2, -0.15) is 0 Å². The predicted octanol–water partition coefficient (Wildman–Crippen LogP) is -1.55. The van der Waals surface area contributed by atoms with Crippen LogP contribution in [0.1, 0.15) is 12.8 Å². The van der Waals surface area contributed by atoms with E-state index < -0.39 is 17.9 Å². The standard InChI is InChI=1S/C9H14BrN3O4/c10-7(15)5-12-9(17)6(2-1-3-14)13-8(16)4-11/h3,6H,1-2,4-5,11H2,(H,12,17)(H,13,16). The van der Waals surface area contributed by atoms with Crippen LogP contribution in [0.5, 0.6) is 0 Å². The second-order valence-electron chi connectivity index (χ2n) is 3.14. The molecule has 0 saturated heterocycles. The third kappa shape index (κ3) is 7.58. The number of aldehydes is 1. The molecule has 0 aliphatic heterocycles. The molecule has 8 heteroatoms. The first kappa shape index (κ1) is 15.7. The summed E-state index contributed by atoms with van der Waals surface area (Å²) in [4.78, 5) is 43.4. The number of nitrogens with two attached hydrogens (primary N) is 1. The number of amides is 2. The number of nitrogens with one attached hydrogen (secondary N) is 2. The summed E-state index contributed by atoms with van der Waals surface area (Å²) in [6.07, 6.45) is 0.938. The summed E-state index contributed by atoms with van der Waals surface area (Å²) < 4.78 is -0.384. The zero-order valence-corrected chi connectivity index (χ0v) is 10.7. The number of hydrogen-bond acceptors (Lipinski definition) is 5. The van der Waals surface area contributed by atoms with E-state index in [4.69, 9.17) is 5.73 Å². The second-order valence-corrected chi connectivity index (χ2v) is 4.03. The van der Waals surface area contributed by atoms with Gasteiger partial charge < -0.3 is 21.2 Å². The Bertz CT molecular complexity index is 309. The average Bonchev–Trinajstić information content (AvgIpc) is 2.30. The van der Waals surface area contributed by atoms with Crippen molar-refractivity contribution < 1.29 is 19.2 Å². The summed E-state index contributed by atoms with van der Waals surface area (Å²) in [5.41, 5.74) is 5.10. The first-order valence-corrected chi connectivity index (χ1v) is 5.69. The number of carbonyl (C=O) groups excluding carboxylic acids is 4. The van der Waals surface area contributed by atoms with Gasteiger partial charge in [-0.3, -0.25) is 14.4 Å². The molecule has 7 nitrogen and oxygen atoms in total. The van der Waals surface area contributed by atoms with Crippen molar-refractivity contribution in [3.8, 4) is 0 Å². The van der Waals surface area contributed by atoms with Crippen LogP contribution in [0.15, 0.2) is 0 Å². The van der Waals surface area contributed by atoms with Gasteiger partial charge in [0.15, 0.2) is 0 Å². The van der Waals surface area contributed by atoms with Crippen molar-refractivity contribution in [2.45, 2.75) is 18.9 Å². The van der Waals surface area contributed by atoms with Crippen LogP contribution in [0.2, 0.25) is 0 Å². The lowest BCUT2D eigenvalue weighted by Crippen LogP contribution is -2.49. The van der Waals surface area contributed by atoms with Gasteiger partial charge in [-0.25, -0.2) is 0 Å². The summed E-state index contributed by atoms with van der Waals surface area (Å²) in [6.45, 7) is -0.433. The third-order valence-corrected chi connectivity index (χ3v) is 2.09. The Balaban J connectivity index is 4.32. The van der Waals surface area contributed by atoms with Gasteiger partial charge in [0.1, 0.15) is 12.3 Å². The molecule has 0 aliphatic rings. The lowest BCUT2D eigenvalue weighted by atomic mass is 10.1. The van der Waals surface area contributed by atoms with Crippen LogP contribution in [-0.2, 0) is 19.2 Å². The molecule has 0 spiro atoms. The van der Waals surface area contributed by atoms with Gasteiger partial charge in [0.05, 0.1) is 13.1 Å². The number of carbonyl (C=O) groups is 4. The molecule has 0 aromatic rings. The highest BCUT2D eigenvalue weighted by molar-refractivity contribution is 9.18. The Kier molecular flexibility index (Phi) is 8.16. The molecule has 2 amide bonds. The smallest absolute Gasteiger partial charge is 0.242 e. The summed E-state index contributed by atoms with van der Waals surface area (Å²) in [6, 6.07) is -0.858. The van der Waals surface area contributed by atoms with E-state index in [-0.39, 0.29) is 30.6 Å². The monoisotopic (exact) mass is 307 g/mol. The molecule has 17 heavy (non-hydrogen) atoms. The van der Waals surface area contributed by atoms with Crippen molar-refractivity contribution >= 4 is 38.7 Å². The minimum atomic E-state index is -0.858. The first-order chi connectivity index (χ1) is 8.01. The third-order valence-electron chi connectivity index (χ3n) is 1.81. The molecule has 96 valence electrons. The lowest BCUT2D eigenvalue weighted by molar-refractivity contribution is -0.129. The van der Waals surface area contributed by atoms with Crippen LogP contribution in [-0.4, -0.2) is 41.9 Å². The average molecular weight is 308 g/mol. The van der Waals surface area contributed by atoms with E-state index in [9.17, 15) is 19.2 Å². The van der Waals surface area contributed by atoms with Crippen LogP contribution in [0.4, 0.5) is 0 Å².